The fraction of sp³-hybridized carbons (Fsp3) is 0.0952. The normalized spacial score (nSPS) is 11.0. The molecule has 2 N–H and O–H groups in total. The van der Waals surface area contributed by atoms with Crippen molar-refractivity contribution in [2.45, 2.75) is 11.8 Å². The van der Waals surface area contributed by atoms with Gasteiger partial charge in [-0.1, -0.05) is 23.7 Å². The van der Waals surface area contributed by atoms with Crippen molar-refractivity contribution in [2.24, 2.45) is 0 Å². The number of para-hydroxylation sites is 1. The second-order valence-corrected chi connectivity index (χ2v) is 8.45. The maximum Gasteiger partial charge on any atom is 0.262 e. The van der Waals surface area contributed by atoms with Crippen LogP contribution in [0, 0.1) is 12.7 Å². The molecule has 0 heterocycles. The van der Waals surface area contributed by atoms with Crippen molar-refractivity contribution in [1.82, 2.24) is 0 Å². The van der Waals surface area contributed by atoms with Gasteiger partial charge in [0, 0.05) is 5.69 Å². The Kier molecular flexibility index (Phi) is 6.59. The summed E-state index contributed by atoms with van der Waals surface area (Å²) in [7, 11) is -3.86. The van der Waals surface area contributed by atoms with Gasteiger partial charge in [-0.2, -0.15) is 0 Å². The van der Waals surface area contributed by atoms with Crippen LogP contribution in [0.3, 0.4) is 0 Å². The Morgan fingerprint density at radius 2 is 1.77 bits per heavy atom. The van der Waals surface area contributed by atoms with Crippen molar-refractivity contribution in [1.29, 1.82) is 0 Å². The zero-order valence-electron chi connectivity index (χ0n) is 15.9. The molecule has 3 aromatic rings. The highest BCUT2D eigenvalue weighted by Gasteiger charge is 2.16. The monoisotopic (exact) mass is 448 g/mol. The van der Waals surface area contributed by atoms with Gasteiger partial charge in [0.1, 0.15) is 11.6 Å². The molecule has 3 rings (SSSR count). The van der Waals surface area contributed by atoms with E-state index in [0.29, 0.717) is 22.0 Å². The molecule has 0 aliphatic heterocycles. The number of ether oxygens (including phenoxy) is 1. The minimum absolute atomic E-state index is 0.0113. The van der Waals surface area contributed by atoms with Crippen molar-refractivity contribution in [3.8, 4) is 5.75 Å². The van der Waals surface area contributed by atoms with Crippen LogP contribution in [-0.4, -0.2) is 20.9 Å². The quantitative estimate of drug-likeness (QED) is 0.553. The van der Waals surface area contributed by atoms with Gasteiger partial charge in [-0.05, 0) is 67.1 Å². The highest BCUT2D eigenvalue weighted by Crippen LogP contribution is 2.24. The molecule has 0 aromatic heterocycles. The van der Waals surface area contributed by atoms with Crippen molar-refractivity contribution >= 4 is 38.9 Å². The molecular weight excluding hydrogens is 431 g/mol. The number of carbonyl (C=O) groups is 1. The van der Waals surface area contributed by atoms with Gasteiger partial charge in [-0.25, -0.2) is 12.8 Å². The van der Waals surface area contributed by atoms with E-state index in [4.69, 9.17) is 16.3 Å². The predicted octanol–water partition coefficient (Wildman–Crippen LogP) is 4.61. The molecular formula is C21H18ClFN2O4S. The van der Waals surface area contributed by atoms with Crippen molar-refractivity contribution < 1.29 is 22.3 Å². The summed E-state index contributed by atoms with van der Waals surface area (Å²) < 4.78 is 45.9. The van der Waals surface area contributed by atoms with Crippen LogP contribution < -0.4 is 14.8 Å². The number of benzene rings is 3. The molecule has 0 bridgehead atoms. The van der Waals surface area contributed by atoms with E-state index in [1.807, 2.05) is 0 Å². The van der Waals surface area contributed by atoms with Crippen molar-refractivity contribution in [3.05, 3.63) is 83.1 Å². The molecule has 0 spiro atoms. The Morgan fingerprint density at radius 1 is 1.07 bits per heavy atom. The lowest BCUT2D eigenvalue weighted by Gasteiger charge is -2.13. The minimum Gasteiger partial charge on any atom is -0.483 e. The standard InChI is InChI=1S/C21H18ClFN2O4S/c1-14-12-17(30(27,28)25-16-8-6-15(23)7-9-16)10-11-20(14)29-13-21(26)24-19-5-3-2-4-18(19)22/h2-12,25H,13H2,1H3,(H,24,26). The van der Waals surface area contributed by atoms with Gasteiger partial charge in [0.15, 0.2) is 6.61 Å². The maximum atomic E-state index is 13.0. The van der Waals surface area contributed by atoms with Crippen molar-refractivity contribution in [2.75, 3.05) is 16.6 Å². The van der Waals surface area contributed by atoms with Gasteiger partial charge in [0.2, 0.25) is 0 Å². The number of sulfonamides is 1. The van der Waals surface area contributed by atoms with E-state index in [1.54, 1.807) is 31.2 Å². The highest BCUT2D eigenvalue weighted by atomic mass is 35.5. The van der Waals surface area contributed by atoms with Gasteiger partial charge in [-0.15, -0.1) is 0 Å². The molecule has 0 unspecified atom stereocenters. The number of rotatable bonds is 7. The first-order valence-electron chi connectivity index (χ1n) is 8.81. The van der Waals surface area contributed by atoms with Crippen LogP contribution in [0.2, 0.25) is 5.02 Å². The average Bonchev–Trinajstić information content (AvgIpc) is 2.70. The van der Waals surface area contributed by atoms with Gasteiger partial charge in [0.05, 0.1) is 15.6 Å². The van der Waals surface area contributed by atoms with Crippen LogP contribution in [0.4, 0.5) is 15.8 Å². The number of halogens is 2. The second kappa shape index (κ2) is 9.15. The van der Waals surface area contributed by atoms with Gasteiger partial charge in [-0.3, -0.25) is 9.52 Å². The summed E-state index contributed by atoms with van der Waals surface area (Å²) in [5.41, 5.74) is 1.24. The molecule has 0 aliphatic rings. The fourth-order valence-corrected chi connectivity index (χ4v) is 3.90. The molecule has 1 amide bonds. The summed E-state index contributed by atoms with van der Waals surface area (Å²) in [5, 5.41) is 3.05. The Bertz CT molecular complexity index is 1170. The van der Waals surface area contributed by atoms with E-state index in [0.717, 1.165) is 12.1 Å². The minimum atomic E-state index is -3.86. The van der Waals surface area contributed by atoms with E-state index in [1.165, 1.54) is 30.3 Å². The smallest absolute Gasteiger partial charge is 0.262 e. The number of hydrogen-bond donors (Lipinski definition) is 2. The largest absolute Gasteiger partial charge is 0.483 e. The first-order chi connectivity index (χ1) is 14.2. The molecule has 0 atom stereocenters. The van der Waals surface area contributed by atoms with Crippen LogP contribution in [-0.2, 0) is 14.8 Å². The Balaban J connectivity index is 1.65. The first kappa shape index (κ1) is 21.6. The van der Waals surface area contributed by atoms with Crippen LogP contribution in [0.25, 0.3) is 0 Å². The Hall–Kier alpha value is -3.10. The molecule has 0 saturated heterocycles. The third-order valence-corrected chi connectivity index (χ3v) is 5.77. The highest BCUT2D eigenvalue weighted by molar-refractivity contribution is 7.92. The van der Waals surface area contributed by atoms with E-state index in [-0.39, 0.29) is 17.2 Å². The van der Waals surface area contributed by atoms with Crippen LogP contribution in [0.5, 0.6) is 5.75 Å². The molecule has 156 valence electrons. The van der Waals surface area contributed by atoms with Gasteiger partial charge < -0.3 is 10.1 Å². The molecule has 3 aromatic carbocycles. The summed E-state index contributed by atoms with van der Waals surface area (Å²) in [4.78, 5) is 12.1. The Labute approximate surface area is 178 Å². The zero-order chi connectivity index (χ0) is 21.7. The van der Waals surface area contributed by atoms with Crippen LogP contribution in [0.15, 0.2) is 71.6 Å². The second-order valence-electron chi connectivity index (χ2n) is 6.36. The zero-order valence-corrected chi connectivity index (χ0v) is 17.4. The summed E-state index contributed by atoms with van der Waals surface area (Å²) in [5.74, 6) is -0.504. The number of aryl methyl sites for hydroxylation is 1. The third-order valence-electron chi connectivity index (χ3n) is 4.06. The number of nitrogens with one attached hydrogen (secondary N) is 2. The number of carbonyl (C=O) groups excluding carboxylic acids is 1. The van der Waals surface area contributed by atoms with Crippen LogP contribution >= 0.6 is 11.6 Å². The lowest BCUT2D eigenvalue weighted by molar-refractivity contribution is -0.118. The lowest BCUT2D eigenvalue weighted by atomic mass is 10.2. The topological polar surface area (TPSA) is 84.5 Å². The number of anilines is 2. The lowest BCUT2D eigenvalue weighted by Crippen LogP contribution is -2.20. The fourth-order valence-electron chi connectivity index (χ4n) is 2.58. The van der Waals surface area contributed by atoms with Crippen LogP contribution in [0.1, 0.15) is 5.56 Å². The first-order valence-corrected chi connectivity index (χ1v) is 10.7. The SMILES string of the molecule is Cc1cc(S(=O)(=O)Nc2ccc(F)cc2)ccc1OCC(=O)Nc1ccccc1Cl. The summed E-state index contributed by atoms with van der Waals surface area (Å²) in [6.45, 7) is 1.39. The number of hydrogen-bond acceptors (Lipinski definition) is 4. The van der Waals surface area contributed by atoms with E-state index in [9.17, 15) is 17.6 Å². The summed E-state index contributed by atoms with van der Waals surface area (Å²) >= 11 is 6.00. The molecule has 0 aliphatic carbocycles. The third kappa shape index (κ3) is 5.49. The molecule has 0 saturated carbocycles. The molecule has 30 heavy (non-hydrogen) atoms. The molecule has 6 nitrogen and oxygen atoms in total. The summed E-state index contributed by atoms with van der Waals surface area (Å²) in [6, 6.07) is 16.0. The predicted molar refractivity (Wildman–Crippen MR) is 114 cm³/mol. The molecule has 0 radical (unpaired) electrons. The van der Waals surface area contributed by atoms with E-state index < -0.39 is 21.7 Å². The molecule has 0 fully saturated rings. The summed E-state index contributed by atoms with van der Waals surface area (Å²) in [6.07, 6.45) is 0. The van der Waals surface area contributed by atoms with E-state index >= 15 is 0 Å². The maximum absolute atomic E-state index is 13.0. The van der Waals surface area contributed by atoms with Crippen molar-refractivity contribution in [3.63, 3.8) is 0 Å². The molecule has 9 heteroatoms. The van der Waals surface area contributed by atoms with Gasteiger partial charge >= 0.3 is 0 Å². The average molecular weight is 449 g/mol. The Morgan fingerprint density at radius 3 is 2.43 bits per heavy atom. The van der Waals surface area contributed by atoms with Gasteiger partial charge in [0.25, 0.3) is 15.9 Å². The van der Waals surface area contributed by atoms with E-state index in [2.05, 4.69) is 10.0 Å². The number of amides is 1.